The Morgan fingerprint density at radius 3 is 2.38 bits per heavy atom. The highest BCUT2D eigenvalue weighted by Gasteiger charge is 2.23. The Kier molecular flexibility index (Phi) is 4.35. The SMILES string of the molecule is CC(C)c1ccc2ncc(C(C)(C)Cc3ccc(F)cc3)nc2c1. The summed E-state index contributed by atoms with van der Waals surface area (Å²) in [7, 11) is 0. The van der Waals surface area contributed by atoms with Crippen LogP contribution >= 0.6 is 0 Å². The average molecular weight is 322 g/mol. The molecule has 0 spiro atoms. The molecule has 0 aliphatic heterocycles. The molecular weight excluding hydrogens is 299 g/mol. The fourth-order valence-corrected chi connectivity index (χ4v) is 2.92. The molecule has 1 heterocycles. The summed E-state index contributed by atoms with van der Waals surface area (Å²) in [4.78, 5) is 9.45. The van der Waals surface area contributed by atoms with Crippen molar-refractivity contribution in [3.8, 4) is 0 Å². The molecule has 3 heteroatoms. The van der Waals surface area contributed by atoms with Crippen LogP contribution in [0.1, 0.15) is 50.4 Å². The lowest BCUT2D eigenvalue weighted by Gasteiger charge is -2.24. The van der Waals surface area contributed by atoms with Crippen LogP contribution in [0.5, 0.6) is 0 Å². The molecule has 1 aromatic heterocycles. The summed E-state index contributed by atoms with van der Waals surface area (Å²) in [5.41, 5.74) is 5.00. The second-order valence-corrected chi connectivity index (χ2v) is 7.35. The van der Waals surface area contributed by atoms with Gasteiger partial charge in [-0.25, -0.2) is 9.37 Å². The largest absolute Gasteiger partial charge is 0.253 e. The summed E-state index contributed by atoms with van der Waals surface area (Å²) < 4.78 is 13.1. The van der Waals surface area contributed by atoms with E-state index in [1.165, 1.54) is 17.7 Å². The van der Waals surface area contributed by atoms with E-state index in [1.54, 1.807) is 0 Å². The molecule has 2 aromatic carbocycles. The Balaban J connectivity index is 1.95. The fraction of sp³-hybridized carbons (Fsp3) is 0.333. The van der Waals surface area contributed by atoms with E-state index < -0.39 is 0 Å². The number of fused-ring (bicyclic) bond motifs is 1. The molecule has 3 aromatic rings. The van der Waals surface area contributed by atoms with E-state index in [2.05, 4.69) is 44.8 Å². The van der Waals surface area contributed by atoms with Crippen molar-refractivity contribution in [2.24, 2.45) is 0 Å². The van der Waals surface area contributed by atoms with Gasteiger partial charge >= 0.3 is 0 Å². The van der Waals surface area contributed by atoms with Crippen LogP contribution in [-0.4, -0.2) is 9.97 Å². The number of hydrogen-bond donors (Lipinski definition) is 0. The van der Waals surface area contributed by atoms with E-state index in [1.807, 2.05) is 24.4 Å². The van der Waals surface area contributed by atoms with Gasteiger partial charge in [0.2, 0.25) is 0 Å². The lowest BCUT2D eigenvalue weighted by atomic mass is 9.82. The predicted molar refractivity (Wildman–Crippen MR) is 96.8 cm³/mol. The first-order valence-corrected chi connectivity index (χ1v) is 8.37. The van der Waals surface area contributed by atoms with Crippen molar-refractivity contribution in [1.29, 1.82) is 0 Å². The van der Waals surface area contributed by atoms with Crippen molar-refractivity contribution in [2.45, 2.75) is 45.4 Å². The van der Waals surface area contributed by atoms with Gasteiger partial charge in [-0.05, 0) is 47.7 Å². The van der Waals surface area contributed by atoms with Gasteiger partial charge in [-0.2, -0.15) is 0 Å². The van der Waals surface area contributed by atoms with Crippen LogP contribution in [0.25, 0.3) is 11.0 Å². The maximum absolute atomic E-state index is 13.1. The molecule has 0 atom stereocenters. The van der Waals surface area contributed by atoms with Crippen LogP contribution in [0.15, 0.2) is 48.7 Å². The molecule has 0 N–H and O–H groups in total. The molecule has 0 saturated heterocycles. The minimum Gasteiger partial charge on any atom is -0.253 e. The molecule has 0 bridgehead atoms. The number of aromatic nitrogens is 2. The van der Waals surface area contributed by atoms with E-state index in [9.17, 15) is 4.39 Å². The molecular formula is C21H23FN2. The van der Waals surface area contributed by atoms with Gasteiger partial charge in [0, 0.05) is 11.6 Å². The molecule has 0 radical (unpaired) electrons. The lowest BCUT2D eigenvalue weighted by Crippen LogP contribution is -2.22. The van der Waals surface area contributed by atoms with E-state index >= 15 is 0 Å². The third kappa shape index (κ3) is 3.45. The van der Waals surface area contributed by atoms with Gasteiger partial charge in [0.25, 0.3) is 0 Å². The van der Waals surface area contributed by atoms with Gasteiger partial charge in [-0.3, -0.25) is 4.98 Å². The zero-order chi connectivity index (χ0) is 17.3. The van der Waals surface area contributed by atoms with Crippen LogP contribution in [0.3, 0.4) is 0 Å². The van der Waals surface area contributed by atoms with E-state index in [0.29, 0.717) is 5.92 Å². The first-order valence-electron chi connectivity index (χ1n) is 8.37. The zero-order valence-corrected chi connectivity index (χ0v) is 14.7. The molecule has 0 aliphatic carbocycles. The lowest BCUT2D eigenvalue weighted by molar-refractivity contribution is 0.504. The molecule has 0 saturated carbocycles. The van der Waals surface area contributed by atoms with Crippen LogP contribution in [0.4, 0.5) is 4.39 Å². The van der Waals surface area contributed by atoms with Gasteiger partial charge < -0.3 is 0 Å². The van der Waals surface area contributed by atoms with Crippen LogP contribution in [0, 0.1) is 5.82 Å². The second kappa shape index (κ2) is 6.31. The van der Waals surface area contributed by atoms with Crippen molar-refractivity contribution in [3.63, 3.8) is 0 Å². The Hall–Kier alpha value is -2.29. The van der Waals surface area contributed by atoms with Crippen LogP contribution in [-0.2, 0) is 11.8 Å². The number of benzene rings is 2. The first-order chi connectivity index (χ1) is 11.3. The number of rotatable bonds is 4. The van der Waals surface area contributed by atoms with Gasteiger partial charge in [-0.15, -0.1) is 0 Å². The van der Waals surface area contributed by atoms with Crippen molar-refractivity contribution in [1.82, 2.24) is 9.97 Å². The third-order valence-corrected chi connectivity index (χ3v) is 4.49. The smallest absolute Gasteiger partial charge is 0.123 e. The van der Waals surface area contributed by atoms with Crippen LogP contribution < -0.4 is 0 Å². The number of halogens is 1. The highest BCUT2D eigenvalue weighted by Crippen LogP contribution is 2.28. The normalized spacial score (nSPS) is 12.1. The van der Waals surface area contributed by atoms with Crippen molar-refractivity contribution in [2.75, 3.05) is 0 Å². The third-order valence-electron chi connectivity index (χ3n) is 4.49. The fourth-order valence-electron chi connectivity index (χ4n) is 2.92. The Labute approximate surface area is 142 Å². The highest BCUT2D eigenvalue weighted by molar-refractivity contribution is 5.75. The van der Waals surface area contributed by atoms with Crippen molar-refractivity contribution >= 4 is 11.0 Å². The quantitative estimate of drug-likeness (QED) is 0.641. The van der Waals surface area contributed by atoms with Crippen LogP contribution in [0.2, 0.25) is 0 Å². The molecule has 0 aliphatic rings. The van der Waals surface area contributed by atoms with Crippen molar-refractivity contribution < 1.29 is 4.39 Å². The summed E-state index contributed by atoms with van der Waals surface area (Å²) in [6.45, 7) is 8.66. The molecule has 0 amide bonds. The predicted octanol–water partition coefficient (Wildman–Crippen LogP) is 5.41. The average Bonchev–Trinajstić information content (AvgIpc) is 2.55. The summed E-state index contributed by atoms with van der Waals surface area (Å²) >= 11 is 0. The number of hydrogen-bond acceptors (Lipinski definition) is 2. The van der Waals surface area contributed by atoms with Gasteiger partial charge in [0.05, 0.1) is 16.7 Å². The molecule has 0 fully saturated rings. The van der Waals surface area contributed by atoms with E-state index in [0.717, 1.165) is 28.7 Å². The Morgan fingerprint density at radius 1 is 1.00 bits per heavy atom. The molecule has 124 valence electrons. The van der Waals surface area contributed by atoms with Gasteiger partial charge in [0.1, 0.15) is 5.82 Å². The van der Waals surface area contributed by atoms with Gasteiger partial charge in [-0.1, -0.05) is 45.9 Å². The second-order valence-electron chi connectivity index (χ2n) is 7.35. The monoisotopic (exact) mass is 322 g/mol. The first kappa shape index (κ1) is 16.6. The Bertz CT molecular complexity index is 851. The molecule has 0 unspecified atom stereocenters. The zero-order valence-electron chi connectivity index (χ0n) is 14.7. The summed E-state index contributed by atoms with van der Waals surface area (Å²) in [6.07, 6.45) is 2.65. The molecule has 2 nitrogen and oxygen atoms in total. The summed E-state index contributed by atoms with van der Waals surface area (Å²) in [6, 6.07) is 13.0. The maximum atomic E-state index is 13.1. The van der Waals surface area contributed by atoms with Gasteiger partial charge in [0.15, 0.2) is 0 Å². The van der Waals surface area contributed by atoms with E-state index in [4.69, 9.17) is 4.98 Å². The maximum Gasteiger partial charge on any atom is 0.123 e. The molecule has 24 heavy (non-hydrogen) atoms. The number of nitrogens with zero attached hydrogens (tertiary/aromatic N) is 2. The highest BCUT2D eigenvalue weighted by atomic mass is 19.1. The van der Waals surface area contributed by atoms with Crippen molar-refractivity contribution in [3.05, 3.63) is 71.3 Å². The minimum atomic E-state index is -0.205. The van der Waals surface area contributed by atoms with E-state index in [-0.39, 0.29) is 11.2 Å². The summed E-state index contributed by atoms with van der Waals surface area (Å²) in [5, 5.41) is 0. The Morgan fingerprint density at radius 2 is 1.71 bits per heavy atom. The summed E-state index contributed by atoms with van der Waals surface area (Å²) in [5.74, 6) is 0.260. The molecule has 3 rings (SSSR count). The minimum absolute atomic E-state index is 0.174. The standard InChI is InChI=1S/C21H23FN2/c1-14(2)16-7-10-18-19(11-16)24-20(13-23-18)21(3,4)12-15-5-8-17(22)9-6-15/h5-11,13-14H,12H2,1-4H3. The topological polar surface area (TPSA) is 25.8 Å².